The van der Waals surface area contributed by atoms with Gasteiger partial charge in [-0.15, -0.1) is 0 Å². The molecular formula is C29H33N3O3. The molecule has 2 aliphatic rings. The van der Waals surface area contributed by atoms with E-state index in [0.717, 1.165) is 37.4 Å². The number of carbonyl (C=O) groups is 1. The summed E-state index contributed by atoms with van der Waals surface area (Å²) in [7, 11) is 1.63. The third kappa shape index (κ3) is 4.90. The van der Waals surface area contributed by atoms with Gasteiger partial charge >= 0.3 is 6.03 Å². The molecule has 35 heavy (non-hydrogen) atoms. The van der Waals surface area contributed by atoms with Crippen molar-refractivity contribution in [1.82, 2.24) is 9.80 Å². The molecule has 0 aromatic heterocycles. The highest BCUT2D eigenvalue weighted by atomic mass is 16.5. The topological polar surface area (TPSA) is 65.0 Å². The zero-order chi connectivity index (χ0) is 24.2. The fraction of sp³-hybridized carbons (Fsp3) is 0.345. The molecule has 6 heteroatoms. The zero-order valence-electron chi connectivity index (χ0n) is 20.1. The van der Waals surface area contributed by atoms with Crippen LogP contribution < -0.4 is 10.1 Å². The SMILES string of the molecule is COc1ccc(NC(=O)N2CCCCN3C(CO)C(c4ccc(-c5ccccc5)cc4)C3C2)cc1. The molecule has 0 saturated carbocycles. The molecule has 0 radical (unpaired) electrons. The van der Waals surface area contributed by atoms with Crippen LogP contribution in [0.5, 0.6) is 5.75 Å². The molecule has 2 heterocycles. The highest BCUT2D eigenvalue weighted by Gasteiger charge is 2.49. The summed E-state index contributed by atoms with van der Waals surface area (Å²) in [5, 5.41) is 13.3. The van der Waals surface area contributed by atoms with Crippen molar-refractivity contribution < 1.29 is 14.6 Å². The van der Waals surface area contributed by atoms with Gasteiger partial charge in [0.15, 0.2) is 0 Å². The first-order valence-corrected chi connectivity index (χ1v) is 12.4. The standard InChI is InChI=1S/C29H33N3O3/c1-35-25-15-13-24(14-16-25)30-29(34)31-17-5-6-18-32-26(19-31)28(27(32)20-33)23-11-9-22(10-12-23)21-7-3-2-4-8-21/h2-4,7-16,26-28,33H,5-6,17-20H2,1H3,(H,30,34). The largest absolute Gasteiger partial charge is 0.497 e. The van der Waals surface area contributed by atoms with E-state index in [-0.39, 0.29) is 30.6 Å². The molecule has 3 atom stereocenters. The second-order valence-electron chi connectivity index (χ2n) is 9.38. The van der Waals surface area contributed by atoms with Gasteiger partial charge in [-0.25, -0.2) is 4.79 Å². The van der Waals surface area contributed by atoms with Crippen LogP contribution in [0.25, 0.3) is 11.1 Å². The van der Waals surface area contributed by atoms with E-state index >= 15 is 0 Å². The Morgan fingerprint density at radius 1 is 0.943 bits per heavy atom. The minimum atomic E-state index is -0.0809. The van der Waals surface area contributed by atoms with E-state index in [4.69, 9.17) is 4.74 Å². The summed E-state index contributed by atoms with van der Waals surface area (Å²) in [6.45, 7) is 2.46. The van der Waals surface area contributed by atoms with Crippen molar-refractivity contribution in [3.63, 3.8) is 0 Å². The molecule has 0 aliphatic carbocycles. The summed E-state index contributed by atoms with van der Waals surface area (Å²) < 4.78 is 5.21. The Hall–Kier alpha value is -3.35. The number of anilines is 1. The normalized spacial score (nSPS) is 22.3. The van der Waals surface area contributed by atoms with Crippen molar-refractivity contribution in [2.75, 3.05) is 38.7 Å². The number of nitrogens with one attached hydrogen (secondary N) is 1. The Labute approximate surface area is 207 Å². The average Bonchev–Trinajstić information content (AvgIpc) is 2.89. The smallest absolute Gasteiger partial charge is 0.321 e. The molecule has 2 aliphatic heterocycles. The molecule has 182 valence electrons. The van der Waals surface area contributed by atoms with Gasteiger partial charge in [-0.2, -0.15) is 0 Å². The number of aliphatic hydroxyl groups excluding tert-OH is 1. The Morgan fingerprint density at radius 3 is 2.31 bits per heavy atom. The van der Waals surface area contributed by atoms with Gasteiger partial charge in [0.25, 0.3) is 0 Å². The number of methoxy groups -OCH3 is 1. The number of fused-ring (bicyclic) bond motifs is 1. The van der Waals surface area contributed by atoms with Gasteiger partial charge in [-0.05, 0) is 60.3 Å². The van der Waals surface area contributed by atoms with E-state index in [1.54, 1.807) is 7.11 Å². The maximum absolute atomic E-state index is 13.2. The lowest BCUT2D eigenvalue weighted by molar-refractivity contribution is -0.0585. The predicted octanol–water partition coefficient (Wildman–Crippen LogP) is 4.82. The fourth-order valence-corrected chi connectivity index (χ4v) is 5.53. The lowest BCUT2D eigenvalue weighted by atomic mass is 9.74. The van der Waals surface area contributed by atoms with E-state index in [9.17, 15) is 9.90 Å². The lowest BCUT2D eigenvalue weighted by Crippen LogP contribution is -2.68. The number of nitrogens with zero attached hydrogens (tertiary/aromatic N) is 2. The first-order valence-electron chi connectivity index (χ1n) is 12.4. The van der Waals surface area contributed by atoms with Gasteiger partial charge in [0.2, 0.25) is 0 Å². The van der Waals surface area contributed by atoms with Gasteiger partial charge in [0.05, 0.1) is 13.7 Å². The molecule has 3 unspecified atom stereocenters. The highest BCUT2D eigenvalue weighted by Crippen LogP contribution is 2.42. The molecule has 6 nitrogen and oxygen atoms in total. The van der Waals surface area contributed by atoms with Crippen LogP contribution in [-0.4, -0.2) is 66.4 Å². The molecule has 2 fully saturated rings. The monoisotopic (exact) mass is 471 g/mol. The number of hydrogen-bond donors (Lipinski definition) is 2. The number of benzene rings is 3. The third-order valence-electron chi connectivity index (χ3n) is 7.40. The number of carbonyl (C=O) groups excluding carboxylic acids is 1. The van der Waals surface area contributed by atoms with Crippen LogP contribution in [0.4, 0.5) is 10.5 Å². The van der Waals surface area contributed by atoms with Gasteiger partial charge in [0, 0.05) is 36.8 Å². The van der Waals surface area contributed by atoms with E-state index in [0.29, 0.717) is 6.54 Å². The Balaban J connectivity index is 1.32. The Kier molecular flexibility index (Phi) is 7.02. The van der Waals surface area contributed by atoms with E-state index in [1.807, 2.05) is 35.2 Å². The van der Waals surface area contributed by atoms with Crippen LogP contribution in [0.2, 0.25) is 0 Å². The molecule has 2 amide bonds. The summed E-state index contributed by atoms with van der Waals surface area (Å²) in [4.78, 5) is 17.5. The third-order valence-corrected chi connectivity index (χ3v) is 7.40. The van der Waals surface area contributed by atoms with E-state index in [1.165, 1.54) is 16.7 Å². The van der Waals surface area contributed by atoms with Crippen LogP contribution in [0.3, 0.4) is 0 Å². The number of hydrogen-bond acceptors (Lipinski definition) is 4. The Bertz CT molecular complexity index is 1120. The average molecular weight is 472 g/mol. The minimum Gasteiger partial charge on any atom is -0.497 e. The second kappa shape index (κ2) is 10.5. The summed E-state index contributed by atoms with van der Waals surface area (Å²) >= 11 is 0. The van der Waals surface area contributed by atoms with Gasteiger partial charge in [-0.3, -0.25) is 4.90 Å². The maximum Gasteiger partial charge on any atom is 0.321 e. The van der Waals surface area contributed by atoms with Crippen molar-refractivity contribution in [1.29, 1.82) is 0 Å². The van der Waals surface area contributed by atoms with Gasteiger partial charge in [0.1, 0.15) is 5.75 Å². The molecule has 0 spiro atoms. The predicted molar refractivity (Wildman–Crippen MR) is 139 cm³/mol. The van der Waals surface area contributed by atoms with Gasteiger partial charge < -0.3 is 20.1 Å². The fourth-order valence-electron chi connectivity index (χ4n) is 5.53. The van der Waals surface area contributed by atoms with Crippen LogP contribution in [0, 0.1) is 0 Å². The molecule has 2 saturated heterocycles. The van der Waals surface area contributed by atoms with Crippen LogP contribution in [0.15, 0.2) is 78.9 Å². The van der Waals surface area contributed by atoms with Crippen LogP contribution >= 0.6 is 0 Å². The zero-order valence-corrected chi connectivity index (χ0v) is 20.1. The molecule has 5 rings (SSSR count). The molecular weight excluding hydrogens is 438 g/mol. The van der Waals surface area contributed by atoms with Crippen molar-refractivity contribution in [3.05, 3.63) is 84.4 Å². The summed E-state index contributed by atoms with van der Waals surface area (Å²) in [6, 6.07) is 26.7. The number of aliphatic hydroxyl groups is 1. The van der Waals surface area contributed by atoms with Crippen LogP contribution in [-0.2, 0) is 0 Å². The van der Waals surface area contributed by atoms with Crippen molar-refractivity contribution in [2.24, 2.45) is 0 Å². The Morgan fingerprint density at radius 2 is 1.63 bits per heavy atom. The van der Waals surface area contributed by atoms with Crippen LogP contribution in [0.1, 0.15) is 24.3 Å². The quantitative estimate of drug-likeness (QED) is 0.560. The number of amides is 2. The first-order chi connectivity index (χ1) is 17.2. The highest BCUT2D eigenvalue weighted by molar-refractivity contribution is 5.89. The summed E-state index contributed by atoms with van der Waals surface area (Å²) in [5.41, 5.74) is 4.36. The van der Waals surface area contributed by atoms with Crippen molar-refractivity contribution in [3.8, 4) is 16.9 Å². The number of ether oxygens (including phenoxy) is 1. The minimum absolute atomic E-state index is 0.0809. The summed E-state index contributed by atoms with van der Waals surface area (Å²) in [5.74, 6) is 0.953. The lowest BCUT2D eigenvalue weighted by Gasteiger charge is -2.57. The number of urea groups is 1. The molecule has 3 aromatic carbocycles. The first kappa shape index (κ1) is 23.4. The number of rotatable bonds is 5. The summed E-state index contributed by atoms with van der Waals surface area (Å²) in [6.07, 6.45) is 1.97. The van der Waals surface area contributed by atoms with E-state index in [2.05, 4.69) is 58.7 Å². The maximum atomic E-state index is 13.2. The molecule has 0 bridgehead atoms. The van der Waals surface area contributed by atoms with E-state index < -0.39 is 0 Å². The van der Waals surface area contributed by atoms with Crippen molar-refractivity contribution >= 4 is 11.7 Å². The van der Waals surface area contributed by atoms with Crippen molar-refractivity contribution in [2.45, 2.75) is 30.8 Å². The molecule has 3 aromatic rings. The second-order valence-corrected chi connectivity index (χ2v) is 9.38. The van der Waals surface area contributed by atoms with Gasteiger partial charge in [-0.1, -0.05) is 54.6 Å². The molecule has 2 N–H and O–H groups in total.